The second kappa shape index (κ2) is 10.2. The Balaban J connectivity index is 1.59. The third-order valence-corrected chi connectivity index (χ3v) is 12.1. The summed E-state index contributed by atoms with van der Waals surface area (Å²) >= 11 is 0. The number of anilines is 2. The van der Waals surface area contributed by atoms with Gasteiger partial charge in [-0.3, -0.25) is 9.20 Å². The highest BCUT2D eigenvalue weighted by atomic mass is 28.4. The van der Waals surface area contributed by atoms with Crippen LogP contribution in [-0.2, 0) is 11.5 Å². The van der Waals surface area contributed by atoms with Crippen LogP contribution < -0.4 is 10.6 Å². The summed E-state index contributed by atoms with van der Waals surface area (Å²) in [6, 6.07) is 7.04. The second-order valence-electron chi connectivity index (χ2n) is 11.3. The van der Waals surface area contributed by atoms with Crippen molar-refractivity contribution >= 4 is 31.4 Å². The molecule has 0 N–H and O–H groups in total. The molecule has 0 spiro atoms. The Morgan fingerprint density at radius 2 is 1.87 bits per heavy atom. The van der Waals surface area contributed by atoms with Gasteiger partial charge in [-0.25, -0.2) is 23.2 Å². The minimum Gasteiger partial charge on any atom is -0.415 e. The zero-order valence-electron chi connectivity index (χ0n) is 22.9. The van der Waals surface area contributed by atoms with Gasteiger partial charge < -0.3 is 14.2 Å². The number of halogens is 2. The summed E-state index contributed by atoms with van der Waals surface area (Å²) < 4.78 is 36.2. The molecule has 1 amide bonds. The molecule has 1 aliphatic heterocycles. The van der Waals surface area contributed by atoms with E-state index < -0.39 is 14.2 Å². The van der Waals surface area contributed by atoms with Crippen LogP contribution in [0.4, 0.5) is 20.3 Å². The van der Waals surface area contributed by atoms with Gasteiger partial charge in [0.2, 0.25) is 0 Å². The number of carbonyl (C=O) groups is 1. The highest BCUT2D eigenvalue weighted by Crippen LogP contribution is 2.36. The molecule has 206 valence electrons. The normalized spacial score (nSPS) is 16.2. The van der Waals surface area contributed by atoms with Crippen molar-refractivity contribution in [3.8, 4) is 0 Å². The fourth-order valence-electron chi connectivity index (χ4n) is 4.11. The van der Waals surface area contributed by atoms with Gasteiger partial charge in [0.05, 0.1) is 12.2 Å². The van der Waals surface area contributed by atoms with E-state index in [0.717, 1.165) is 5.69 Å². The fourth-order valence-corrected chi connectivity index (χ4v) is 5.15. The first-order valence-electron chi connectivity index (χ1n) is 12.8. The third-order valence-electron chi connectivity index (χ3n) is 7.60. The highest BCUT2D eigenvalue weighted by Gasteiger charge is 2.37. The molecule has 4 heterocycles. The summed E-state index contributed by atoms with van der Waals surface area (Å²) in [4.78, 5) is 33.1. The number of hydrogen-bond acceptors (Lipinski definition) is 6. The lowest BCUT2D eigenvalue weighted by Crippen LogP contribution is -2.42. The van der Waals surface area contributed by atoms with E-state index in [1.54, 1.807) is 25.4 Å². The maximum atomic E-state index is 13.5. The van der Waals surface area contributed by atoms with E-state index >= 15 is 0 Å². The third kappa shape index (κ3) is 5.80. The molecule has 3 aromatic rings. The summed E-state index contributed by atoms with van der Waals surface area (Å²) in [5.74, 6) is -2.43. The molecule has 3 aromatic heterocycles. The first-order chi connectivity index (χ1) is 17.7. The summed E-state index contributed by atoms with van der Waals surface area (Å²) in [6.45, 7) is 11.9. The largest absolute Gasteiger partial charge is 0.415 e. The number of aryl methyl sites for hydroxylation is 1. The van der Waals surface area contributed by atoms with Crippen molar-refractivity contribution in [1.29, 1.82) is 0 Å². The SMILES string of the molecule is Cn1nc2cc(N(CCO[Si](C)(C)C(C)(C)C)c3ccc(C(=O)N4CCC(F)(F)CC4)cn3)ccn2c1=O. The molecule has 9 nitrogen and oxygen atoms in total. The van der Waals surface area contributed by atoms with Gasteiger partial charge in [0.1, 0.15) is 5.82 Å². The monoisotopic (exact) mass is 546 g/mol. The zero-order valence-corrected chi connectivity index (χ0v) is 23.9. The number of hydrogen-bond donors (Lipinski definition) is 0. The van der Waals surface area contributed by atoms with Crippen molar-refractivity contribution in [3.05, 3.63) is 52.7 Å². The molecular formula is C26H36F2N6O3Si. The number of aromatic nitrogens is 4. The molecular weight excluding hydrogens is 510 g/mol. The van der Waals surface area contributed by atoms with Gasteiger partial charge in [0.15, 0.2) is 14.0 Å². The number of likely N-dealkylation sites (tertiary alicyclic amines) is 1. The maximum absolute atomic E-state index is 13.5. The minimum absolute atomic E-state index is 0.0218. The molecule has 0 bridgehead atoms. The Hall–Kier alpha value is -3.12. The molecule has 0 radical (unpaired) electrons. The van der Waals surface area contributed by atoms with Crippen LogP contribution in [0, 0.1) is 0 Å². The van der Waals surface area contributed by atoms with Crippen molar-refractivity contribution in [2.24, 2.45) is 7.05 Å². The predicted octanol–water partition coefficient (Wildman–Crippen LogP) is 4.46. The van der Waals surface area contributed by atoms with E-state index in [-0.39, 0.29) is 42.6 Å². The van der Waals surface area contributed by atoms with Crippen molar-refractivity contribution in [1.82, 2.24) is 24.1 Å². The number of rotatable bonds is 7. The molecule has 1 saturated heterocycles. The fraction of sp³-hybridized carbons (Fsp3) is 0.538. The number of carbonyl (C=O) groups excluding carboxylic acids is 1. The number of amides is 1. The predicted molar refractivity (Wildman–Crippen MR) is 145 cm³/mol. The second-order valence-corrected chi connectivity index (χ2v) is 16.1. The lowest BCUT2D eigenvalue weighted by molar-refractivity contribution is -0.0494. The van der Waals surface area contributed by atoms with Crippen LogP contribution in [0.1, 0.15) is 44.0 Å². The van der Waals surface area contributed by atoms with E-state index in [2.05, 4.69) is 43.9 Å². The molecule has 12 heteroatoms. The van der Waals surface area contributed by atoms with E-state index in [1.165, 1.54) is 20.2 Å². The van der Waals surface area contributed by atoms with E-state index in [4.69, 9.17) is 4.43 Å². The Bertz CT molecular complexity index is 1350. The maximum Gasteiger partial charge on any atom is 0.350 e. The minimum atomic E-state index is -2.72. The van der Waals surface area contributed by atoms with Crippen LogP contribution in [0.5, 0.6) is 0 Å². The number of nitrogens with zero attached hydrogens (tertiary/aromatic N) is 6. The van der Waals surface area contributed by atoms with Gasteiger partial charge in [-0.15, -0.1) is 0 Å². The first-order valence-corrected chi connectivity index (χ1v) is 15.7. The quantitative estimate of drug-likeness (QED) is 0.407. The lowest BCUT2D eigenvalue weighted by atomic mass is 10.1. The van der Waals surface area contributed by atoms with Crippen LogP contribution >= 0.6 is 0 Å². The lowest BCUT2D eigenvalue weighted by Gasteiger charge is -2.37. The molecule has 4 rings (SSSR count). The van der Waals surface area contributed by atoms with Crippen LogP contribution in [0.25, 0.3) is 5.65 Å². The van der Waals surface area contributed by atoms with Crippen molar-refractivity contribution < 1.29 is 18.0 Å². The van der Waals surface area contributed by atoms with Crippen molar-refractivity contribution in [2.75, 3.05) is 31.1 Å². The summed E-state index contributed by atoms with van der Waals surface area (Å²) in [7, 11) is -0.389. The van der Waals surface area contributed by atoms with Crippen LogP contribution in [0.15, 0.2) is 41.5 Å². The number of alkyl halides is 2. The highest BCUT2D eigenvalue weighted by molar-refractivity contribution is 6.74. The summed E-state index contributed by atoms with van der Waals surface area (Å²) in [5, 5.41) is 4.35. The average Bonchev–Trinajstić information content (AvgIpc) is 3.13. The van der Waals surface area contributed by atoms with E-state index in [1.807, 2.05) is 17.0 Å². The number of pyridine rings is 2. The molecule has 1 aliphatic rings. The number of piperidine rings is 1. The van der Waals surface area contributed by atoms with Gasteiger partial charge in [-0.1, -0.05) is 20.8 Å². The van der Waals surface area contributed by atoms with Crippen molar-refractivity contribution in [2.45, 2.75) is 57.7 Å². The molecule has 0 unspecified atom stereocenters. The van der Waals surface area contributed by atoms with Crippen LogP contribution in [0.3, 0.4) is 0 Å². The van der Waals surface area contributed by atoms with Gasteiger partial charge in [0, 0.05) is 63.7 Å². The van der Waals surface area contributed by atoms with E-state index in [0.29, 0.717) is 30.2 Å². The molecule has 1 fully saturated rings. The van der Waals surface area contributed by atoms with Gasteiger partial charge in [-0.05, 0) is 36.3 Å². The Morgan fingerprint density at radius 1 is 1.18 bits per heavy atom. The standard InChI is InChI=1S/C26H36F2N6O3Si/c1-25(2,3)38(5,6)37-16-15-33(20-9-12-34-22(17-20)30-31(4)24(34)36)21-8-7-19(18-29-21)23(35)32-13-10-26(27,28)11-14-32/h7-9,12,17-18H,10-11,13-16H2,1-6H3. The van der Waals surface area contributed by atoms with Crippen molar-refractivity contribution in [3.63, 3.8) is 0 Å². The van der Waals surface area contributed by atoms with Gasteiger partial charge >= 0.3 is 5.69 Å². The molecule has 0 aliphatic carbocycles. The van der Waals surface area contributed by atoms with Crippen LogP contribution in [0.2, 0.25) is 18.1 Å². The zero-order chi connectivity index (χ0) is 27.9. The first kappa shape index (κ1) is 27.9. The molecule has 0 aromatic carbocycles. The Morgan fingerprint density at radius 3 is 2.47 bits per heavy atom. The van der Waals surface area contributed by atoms with Gasteiger partial charge in [0.25, 0.3) is 11.8 Å². The topological polar surface area (TPSA) is 85.0 Å². The average molecular weight is 547 g/mol. The summed E-state index contributed by atoms with van der Waals surface area (Å²) in [5.41, 5.74) is 1.38. The smallest absolute Gasteiger partial charge is 0.350 e. The van der Waals surface area contributed by atoms with Crippen LogP contribution in [-0.4, -0.2) is 70.5 Å². The summed E-state index contributed by atoms with van der Waals surface area (Å²) in [6.07, 6.45) is 2.50. The number of fused-ring (bicyclic) bond motifs is 1. The molecule has 0 atom stereocenters. The Kier molecular flexibility index (Phi) is 7.50. The van der Waals surface area contributed by atoms with Gasteiger partial charge in [-0.2, -0.15) is 5.10 Å². The Labute approximate surface area is 222 Å². The molecule has 0 saturated carbocycles. The molecule has 38 heavy (non-hydrogen) atoms. The van der Waals surface area contributed by atoms with E-state index in [9.17, 15) is 18.4 Å².